The summed E-state index contributed by atoms with van der Waals surface area (Å²) in [6.07, 6.45) is 0. The third kappa shape index (κ3) is 1.83. The van der Waals surface area contributed by atoms with Gasteiger partial charge in [0.05, 0.1) is 11.2 Å². The fourth-order valence-corrected chi connectivity index (χ4v) is 0.142. The van der Waals surface area contributed by atoms with E-state index in [9.17, 15) is 21.6 Å². The zero-order valence-electron chi connectivity index (χ0n) is 6.77. The summed E-state index contributed by atoms with van der Waals surface area (Å²) in [5.74, 6) is 0. The van der Waals surface area contributed by atoms with Crippen LogP contribution in [0.2, 0.25) is 0 Å². The average molecular weight is 167 g/mol. The van der Waals surface area contributed by atoms with Crippen LogP contribution in [0, 0.1) is 0 Å². The molecule has 9 heavy (non-hydrogen) atoms. The Labute approximate surface area is 53.8 Å². The van der Waals surface area contributed by atoms with Gasteiger partial charge >= 0.3 is 15.6 Å². The van der Waals surface area contributed by atoms with Gasteiger partial charge in [0.1, 0.15) is 0 Å². The fourth-order valence-electron chi connectivity index (χ4n) is 0.0472. The summed E-state index contributed by atoms with van der Waals surface area (Å²) in [7, 11) is -9.63. The lowest BCUT2D eigenvalue weighted by Crippen LogP contribution is -2.23. The second-order valence-corrected chi connectivity index (χ2v) is 2.52. The minimum absolute atomic E-state index is 2.84. The molecule has 0 aromatic carbocycles. The number of rotatable bonds is 1. The molecule has 0 saturated heterocycles. The van der Waals surface area contributed by atoms with Crippen molar-refractivity contribution in [3.05, 3.63) is 0 Å². The fraction of sp³-hybridized carbons (Fsp3) is 1.00. The van der Waals surface area contributed by atoms with Crippen LogP contribution in [0.25, 0.3) is 0 Å². The summed E-state index contributed by atoms with van der Waals surface area (Å²) >= 11 is 0. The summed E-state index contributed by atoms with van der Waals surface area (Å²) in [6, 6.07) is 0. The normalized spacial score (nSPS) is 20.1. The van der Waals surface area contributed by atoms with Crippen molar-refractivity contribution in [2.24, 2.45) is 0 Å². The minimum atomic E-state index is -6.02. The Morgan fingerprint density at radius 1 is 1.56 bits per heavy atom. The summed E-state index contributed by atoms with van der Waals surface area (Å²) in [5, 5.41) is 0. The van der Waals surface area contributed by atoms with Crippen molar-refractivity contribution in [3.8, 4) is 0 Å². The molecule has 0 amide bonds. The van der Waals surface area contributed by atoms with Gasteiger partial charge in [-0.05, 0) is 0 Å². The highest BCUT2D eigenvalue weighted by atomic mass is 32.2. The molecule has 0 aliphatic rings. The van der Waals surface area contributed by atoms with E-state index < -0.39 is 22.7 Å². The van der Waals surface area contributed by atoms with Crippen molar-refractivity contribution in [2.75, 3.05) is 7.04 Å². The Balaban J connectivity index is 4.70. The number of hydrogen-bond acceptors (Lipinski definition) is 3. The molecule has 0 aliphatic carbocycles. The molecule has 0 aromatic heterocycles. The van der Waals surface area contributed by atoms with E-state index in [1.54, 1.807) is 0 Å². The summed E-state index contributed by atoms with van der Waals surface area (Å²) < 4.78 is 75.3. The van der Waals surface area contributed by atoms with E-state index >= 15 is 0 Å². The van der Waals surface area contributed by atoms with Crippen molar-refractivity contribution >= 4 is 10.1 Å². The molecule has 0 bridgehead atoms. The molecular weight excluding hydrogens is 161 g/mol. The maximum absolute atomic E-state index is 11.4. The highest BCUT2D eigenvalue weighted by molar-refractivity contribution is 7.87. The molecule has 0 rings (SSSR count). The van der Waals surface area contributed by atoms with E-state index in [1.165, 1.54) is 0 Å². The zero-order valence-corrected chi connectivity index (χ0v) is 4.58. The van der Waals surface area contributed by atoms with Gasteiger partial charge in [0.15, 0.2) is 0 Å². The van der Waals surface area contributed by atoms with Gasteiger partial charge in [-0.25, -0.2) is 0 Å². The SMILES string of the molecule is [2H]C([2H])([2H])OS(=O)(=O)C(F)(F)F. The van der Waals surface area contributed by atoms with Gasteiger partial charge < -0.3 is 0 Å². The molecule has 0 spiro atoms. The van der Waals surface area contributed by atoms with Crippen LogP contribution in [-0.2, 0) is 14.3 Å². The van der Waals surface area contributed by atoms with Crippen LogP contribution < -0.4 is 0 Å². The Bertz CT molecular complexity index is 251. The zero-order chi connectivity index (χ0) is 10.2. The maximum atomic E-state index is 11.4. The van der Waals surface area contributed by atoms with Crippen LogP contribution in [0.1, 0.15) is 4.11 Å². The Morgan fingerprint density at radius 3 is 2.11 bits per heavy atom. The van der Waals surface area contributed by atoms with E-state index in [1.807, 2.05) is 0 Å². The van der Waals surface area contributed by atoms with Crippen LogP contribution >= 0.6 is 0 Å². The second-order valence-electron chi connectivity index (χ2n) is 0.983. The largest absolute Gasteiger partial charge is 0.523 e. The lowest BCUT2D eigenvalue weighted by Gasteiger charge is -2.02. The van der Waals surface area contributed by atoms with Crippen molar-refractivity contribution in [1.29, 1.82) is 0 Å². The average Bonchev–Trinajstić information content (AvgIpc) is 1.52. The third-order valence-electron chi connectivity index (χ3n) is 0.393. The second kappa shape index (κ2) is 2.14. The van der Waals surface area contributed by atoms with Gasteiger partial charge in [0.2, 0.25) is 0 Å². The molecule has 0 N–H and O–H groups in total. The first kappa shape index (κ1) is 4.51. The predicted octanol–water partition coefficient (Wildman–Crippen LogP) is 0.482. The van der Waals surface area contributed by atoms with Crippen molar-refractivity contribution in [3.63, 3.8) is 0 Å². The summed E-state index contributed by atoms with van der Waals surface area (Å²) in [4.78, 5) is 0. The monoisotopic (exact) mass is 167 g/mol. The highest BCUT2D eigenvalue weighted by Crippen LogP contribution is 2.23. The van der Waals surface area contributed by atoms with Crippen LogP contribution in [0.15, 0.2) is 0 Å². The van der Waals surface area contributed by atoms with Gasteiger partial charge in [-0.2, -0.15) is 21.6 Å². The van der Waals surface area contributed by atoms with Gasteiger partial charge in [0, 0.05) is 0 Å². The highest BCUT2D eigenvalue weighted by Gasteiger charge is 2.46. The van der Waals surface area contributed by atoms with E-state index in [2.05, 4.69) is 4.18 Å². The predicted molar refractivity (Wildman–Crippen MR) is 22.0 cm³/mol. The summed E-state index contributed by atoms with van der Waals surface area (Å²) in [5.41, 5.74) is -5.71. The molecule has 0 heterocycles. The third-order valence-corrected chi connectivity index (χ3v) is 1.18. The molecule has 0 saturated carbocycles. The smallest absolute Gasteiger partial charge is 0.267 e. The first-order valence-electron chi connectivity index (χ1n) is 2.98. The van der Waals surface area contributed by atoms with Gasteiger partial charge in [-0.3, -0.25) is 4.18 Å². The quantitative estimate of drug-likeness (QED) is 0.421. The van der Waals surface area contributed by atoms with E-state index in [0.29, 0.717) is 0 Å². The number of halogens is 3. The van der Waals surface area contributed by atoms with Gasteiger partial charge in [-0.15, -0.1) is 0 Å². The lowest BCUT2D eigenvalue weighted by atomic mass is 11.6. The molecule has 0 aliphatic heterocycles. The van der Waals surface area contributed by atoms with Crippen molar-refractivity contribution < 1.29 is 29.9 Å². The molecule has 0 unspecified atom stereocenters. The Kier molecular flexibility index (Phi) is 1.07. The molecule has 0 atom stereocenters. The molecule has 3 nitrogen and oxygen atoms in total. The maximum Gasteiger partial charge on any atom is 0.523 e. The van der Waals surface area contributed by atoms with Crippen LogP contribution in [0.5, 0.6) is 0 Å². The first-order chi connectivity index (χ1) is 4.96. The van der Waals surface area contributed by atoms with E-state index in [4.69, 9.17) is 4.11 Å². The van der Waals surface area contributed by atoms with Crippen molar-refractivity contribution in [2.45, 2.75) is 5.51 Å². The van der Waals surface area contributed by atoms with Crippen LogP contribution in [0.4, 0.5) is 13.2 Å². The Hall–Kier alpha value is -0.300. The lowest BCUT2D eigenvalue weighted by molar-refractivity contribution is -0.0526. The van der Waals surface area contributed by atoms with Crippen molar-refractivity contribution in [1.82, 2.24) is 0 Å². The molecule has 0 fully saturated rings. The first-order valence-corrected chi connectivity index (χ1v) is 2.88. The van der Waals surface area contributed by atoms with Crippen LogP contribution in [-0.4, -0.2) is 21.0 Å². The molecule has 0 radical (unpaired) electrons. The van der Waals surface area contributed by atoms with E-state index in [-0.39, 0.29) is 0 Å². The van der Waals surface area contributed by atoms with Gasteiger partial charge in [0.25, 0.3) is 0 Å². The summed E-state index contributed by atoms with van der Waals surface area (Å²) in [6.45, 7) is 0. The topological polar surface area (TPSA) is 43.4 Å². The molecule has 56 valence electrons. The van der Waals surface area contributed by atoms with Gasteiger partial charge in [-0.1, -0.05) is 0 Å². The Morgan fingerprint density at radius 2 is 2.00 bits per heavy atom. The van der Waals surface area contributed by atoms with Crippen LogP contribution in [0.3, 0.4) is 0 Å². The number of hydrogen-bond donors (Lipinski definition) is 0. The molecule has 7 heteroatoms. The molecule has 0 aromatic rings. The minimum Gasteiger partial charge on any atom is -0.267 e. The molecular formula is C2H3F3O3S. The number of alkyl halides is 3. The standard InChI is InChI=1S/C2H3F3O3S/c1-8-9(6,7)2(3,4)5/h1H3/i1D3. The van der Waals surface area contributed by atoms with E-state index in [0.717, 1.165) is 0 Å².